The van der Waals surface area contributed by atoms with Crippen LogP contribution in [0.3, 0.4) is 0 Å². The van der Waals surface area contributed by atoms with E-state index in [1.165, 1.54) is 12.3 Å². The van der Waals surface area contributed by atoms with Crippen molar-refractivity contribution in [3.63, 3.8) is 0 Å². The highest BCUT2D eigenvalue weighted by atomic mass is 19.1. The topological polar surface area (TPSA) is 65.7 Å². The van der Waals surface area contributed by atoms with E-state index >= 15 is 0 Å². The summed E-state index contributed by atoms with van der Waals surface area (Å²) >= 11 is 0. The highest BCUT2D eigenvalue weighted by Crippen LogP contribution is 2.41. The van der Waals surface area contributed by atoms with Crippen molar-refractivity contribution in [2.24, 2.45) is 0 Å². The molecule has 140 valence electrons. The van der Waals surface area contributed by atoms with E-state index in [4.69, 9.17) is 9.84 Å². The summed E-state index contributed by atoms with van der Waals surface area (Å²) in [5, 5.41) is 4.85. The van der Waals surface area contributed by atoms with Crippen LogP contribution in [0.2, 0.25) is 0 Å². The summed E-state index contributed by atoms with van der Waals surface area (Å²) in [5.74, 6) is 0.159. The minimum absolute atomic E-state index is 0.304. The van der Waals surface area contributed by atoms with Crippen molar-refractivity contribution >= 4 is 11.0 Å². The Hall–Kier alpha value is -3.35. The summed E-state index contributed by atoms with van der Waals surface area (Å²) in [6.07, 6.45) is 4.94. The third-order valence-electron chi connectivity index (χ3n) is 5.23. The van der Waals surface area contributed by atoms with Crippen molar-refractivity contribution in [3.05, 3.63) is 54.2 Å². The zero-order valence-corrected chi connectivity index (χ0v) is 15.6. The second-order valence-corrected chi connectivity index (χ2v) is 6.94. The molecule has 6 nitrogen and oxygen atoms in total. The third kappa shape index (κ3) is 2.54. The molecule has 0 amide bonds. The molecule has 0 aliphatic carbocycles. The van der Waals surface area contributed by atoms with E-state index in [0.29, 0.717) is 17.6 Å². The molecule has 0 saturated heterocycles. The summed E-state index contributed by atoms with van der Waals surface area (Å²) in [7, 11) is 1.59. The van der Waals surface area contributed by atoms with Gasteiger partial charge in [0.15, 0.2) is 0 Å². The maximum atomic E-state index is 13.4. The van der Waals surface area contributed by atoms with Crippen LogP contribution in [0.25, 0.3) is 33.5 Å². The van der Waals surface area contributed by atoms with Crippen LogP contribution in [-0.4, -0.2) is 31.8 Å². The zero-order chi connectivity index (χ0) is 19.3. The molecule has 0 bridgehead atoms. The maximum absolute atomic E-state index is 13.4. The maximum Gasteiger partial charge on any atom is 0.213 e. The van der Waals surface area contributed by atoms with Crippen LogP contribution in [0.4, 0.5) is 4.39 Å². The summed E-state index contributed by atoms with van der Waals surface area (Å²) in [6, 6.07) is 9.02. The molecule has 4 aromatic rings. The molecule has 0 fully saturated rings. The lowest BCUT2D eigenvalue weighted by atomic mass is 9.99. The number of hydrogen-bond acceptors (Lipinski definition) is 5. The van der Waals surface area contributed by atoms with Crippen LogP contribution in [0, 0.1) is 5.82 Å². The molecule has 7 heteroatoms. The Morgan fingerprint density at radius 3 is 2.82 bits per heavy atom. The monoisotopic (exact) mass is 375 g/mol. The number of pyridine rings is 3. The standard InChI is InChI=1S/C21H18FN5O/c1-12-3-7-17-19(21(26-27(12)17)16-5-4-13(22)11-24-16)14-9-10-23-15-6-8-18(28-2)25-20(14)15/h4-6,8-12H,3,7H2,1-2H3/t12-/m0/s1. The second-order valence-electron chi connectivity index (χ2n) is 6.94. The first-order valence-electron chi connectivity index (χ1n) is 9.19. The first-order valence-corrected chi connectivity index (χ1v) is 9.19. The van der Waals surface area contributed by atoms with E-state index in [1.807, 2.05) is 12.1 Å². The van der Waals surface area contributed by atoms with Crippen LogP contribution in [0.15, 0.2) is 42.7 Å². The number of aromatic nitrogens is 5. The predicted molar refractivity (Wildman–Crippen MR) is 104 cm³/mol. The minimum Gasteiger partial charge on any atom is -0.481 e. The molecule has 1 aliphatic heterocycles. The van der Waals surface area contributed by atoms with Gasteiger partial charge in [-0.25, -0.2) is 9.37 Å². The van der Waals surface area contributed by atoms with E-state index in [-0.39, 0.29) is 5.82 Å². The molecule has 0 spiro atoms. The Balaban J connectivity index is 1.82. The highest BCUT2D eigenvalue weighted by Gasteiger charge is 2.29. The van der Waals surface area contributed by atoms with Gasteiger partial charge in [-0.15, -0.1) is 0 Å². The lowest BCUT2D eigenvalue weighted by Gasteiger charge is -2.09. The SMILES string of the molecule is COc1ccc2nccc(-c3c(-c4ccc(F)cn4)nn4c3CC[C@@H]4C)c2n1. The number of methoxy groups -OCH3 is 1. The molecule has 1 aliphatic rings. The quantitative estimate of drug-likeness (QED) is 0.537. The fraction of sp³-hybridized carbons (Fsp3) is 0.238. The number of rotatable bonds is 3. The molecule has 4 aromatic heterocycles. The van der Waals surface area contributed by atoms with Crippen molar-refractivity contribution < 1.29 is 9.13 Å². The molecule has 0 saturated carbocycles. The van der Waals surface area contributed by atoms with Gasteiger partial charge >= 0.3 is 0 Å². The second kappa shape index (κ2) is 6.37. The Kier molecular flexibility index (Phi) is 3.82. The van der Waals surface area contributed by atoms with Crippen molar-refractivity contribution in [3.8, 4) is 28.4 Å². The summed E-state index contributed by atoms with van der Waals surface area (Å²) in [4.78, 5) is 13.4. The minimum atomic E-state index is -0.369. The van der Waals surface area contributed by atoms with Gasteiger partial charge in [-0.2, -0.15) is 5.10 Å². The lowest BCUT2D eigenvalue weighted by molar-refractivity contribution is 0.399. The van der Waals surface area contributed by atoms with Gasteiger partial charge in [0.05, 0.1) is 24.5 Å². The fourth-order valence-electron chi connectivity index (χ4n) is 3.84. The number of fused-ring (bicyclic) bond motifs is 2. The molecule has 0 aromatic carbocycles. The Bertz CT molecular complexity index is 1190. The Morgan fingerprint density at radius 1 is 1.14 bits per heavy atom. The molecule has 28 heavy (non-hydrogen) atoms. The van der Waals surface area contributed by atoms with E-state index in [2.05, 4.69) is 26.6 Å². The predicted octanol–water partition coefficient (Wildman–Crippen LogP) is 4.21. The normalized spacial score (nSPS) is 15.8. The molecule has 5 heterocycles. The van der Waals surface area contributed by atoms with Gasteiger partial charge in [0.25, 0.3) is 0 Å². The first-order chi connectivity index (χ1) is 13.7. The molecule has 0 radical (unpaired) electrons. The van der Waals surface area contributed by atoms with Crippen molar-refractivity contribution in [1.82, 2.24) is 24.7 Å². The van der Waals surface area contributed by atoms with Crippen LogP contribution in [0.5, 0.6) is 5.88 Å². The summed E-state index contributed by atoms with van der Waals surface area (Å²) in [6.45, 7) is 2.15. The van der Waals surface area contributed by atoms with E-state index < -0.39 is 0 Å². The number of nitrogens with zero attached hydrogens (tertiary/aromatic N) is 5. The van der Waals surface area contributed by atoms with Crippen molar-refractivity contribution in [2.75, 3.05) is 7.11 Å². The van der Waals surface area contributed by atoms with Gasteiger partial charge in [-0.1, -0.05) is 0 Å². The van der Waals surface area contributed by atoms with Crippen LogP contribution in [-0.2, 0) is 6.42 Å². The van der Waals surface area contributed by atoms with Crippen molar-refractivity contribution in [1.29, 1.82) is 0 Å². The molecule has 1 atom stereocenters. The highest BCUT2D eigenvalue weighted by molar-refractivity contribution is 5.96. The molecule has 0 N–H and O–H groups in total. The lowest BCUT2D eigenvalue weighted by Crippen LogP contribution is -2.01. The van der Waals surface area contributed by atoms with Gasteiger partial charge in [-0.05, 0) is 44.0 Å². The van der Waals surface area contributed by atoms with Crippen LogP contribution < -0.4 is 4.74 Å². The average molecular weight is 375 g/mol. The van der Waals surface area contributed by atoms with Gasteiger partial charge in [-0.3, -0.25) is 14.6 Å². The van der Waals surface area contributed by atoms with Gasteiger partial charge in [0.2, 0.25) is 5.88 Å². The Labute approximate surface area is 161 Å². The van der Waals surface area contributed by atoms with E-state index in [1.54, 1.807) is 25.4 Å². The van der Waals surface area contributed by atoms with Gasteiger partial charge < -0.3 is 4.74 Å². The smallest absolute Gasteiger partial charge is 0.213 e. The molecule has 5 rings (SSSR count). The first kappa shape index (κ1) is 16.8. The van der Waals surface area contributed by atoms with E-state index in [0.717, 1.165) is 46.4 Å². The van der Waals surface area contributed by atoms with E-state index in [9.17, 15) is 4.39 Å². The largest absolute Gasteiger partial charge is 0.481 e. The summed E-state index contributed by atoms with van der Waals surface area (Å²) in [5.41, 5.74) is 5.96. The van der Waals surface area contributed by atoms with Crippen LogP contribution in [0.1, 0.15) is 25.1 Å². The van der Waals surface area contributed by atoms with Crippen molar-refractivity contribution in [2.45, 2.75) is 25.8 Å². The zero-order valence-electron chi connectivity index (χ0n) is 15.6. The molecular formula is C21H18FN5O. The van der Waals surface area contributed by atoms with Crippen LogP contribution >= 0.6 is 0 Å². The van der Waals surface area contributed by atoms with Gasteiger partial charge in [0, 0.05) is 35.1 Å². The third-order valence-corrected chi connectivity index (χ3v) is 5.23. The van der Waals surface area contributed by atoms with Gasteiger partial charge in [0.1, 0.15) is 17.0 Å². The number of ether oxygens (including phenoxy) is 1. The Morgan fingerprint density at radius 2 is 2.04 bits per heavy atom. The summed E-state index contributed by atoms with van der Waals surface area (Å²) < 4.78 is 20.8. The average Bonchev–Trinajstić information content (AvgIpc) is 3.27. The fourth-order valence-corrected chi connectivity index (χ4v) is 3.84. The number of hydrogen-bond donors (Lipinski definition) is 0. The molecule has 0 unspecified atom stereocenters. The molecular weight excluding hydrogens is 357 g/mol. The number of halogens is 1.